The van der Waals surface area contributed by atoms with Crippen LogP contribution in [0, 0.1) is 0 Å². The number of benzene rings is 1. The van der Waals surface area contributed by atoms with Gasteiger partial charge in [-0.2, -0.15) is 0 Å². The van der Waals surface area contributed by atoms with Crippen molar-refractivity contribution in [2.24, 2.45) is 0 Å². The summed E-state index contributed by atoms with van der Waals surface area (Å²) in [5.74, 6) is 2.08. The summed E-state index contributed by atoms with van der Waals surface area (Å²) >= 11 is 0. The highest BCUT2D eigenvalue weighted by molar-refractivity contribution is 5.69. The largest absolute Gasteiger partial charge is 0.493 e. The molecule has 3 aromatic rings. The van der Waals surface area contributed by atoms with E-state index in [0.29, 0.717) is 23.0 Å². The van der Waals surface area contributed by atoms with Crippen LogP contribution < -0.4 is 15.2 Å². The zero-order chi connectivity index (χ0) is 15.5. The Bertz CT molecular complexity index is 839. The van der Waals surface area contributed by atoms with Gasteiger partial charge >= 0.3 is 0 Å². The molecular weight excluding hydrogens is 280 g/mol. The molecule has 0 saturated carbocycles. The van der Waals surface area contributed by atoms with Crippen molar-refractivity contribution in [1.29, 1.82) is 0 Å². The summed E-state index contributed by atoms with van der Waals surface area (Å²) in [6.45, 7) is 0. The van der Waals surface area contributed by atoms with Crippen LogP contribution in [0.1, 0.15) is 11.4 Å². The van der Waals surface area contributed by atoms with Gasteiger partial charge in [-0.05, 0) is 35.9 Å². The average molecular weight is 296 g/mol. The Kier molecular flexibility index (Phi) is 3.65. The molecule has 1 aromatic carbocycles. The molecule has 0 spiro atoms. The third-order valence-corrected chi connectivity index (χ3v) is 3.28. The van der Waals surface area contributed by atoms with E-state index in [1.165, 1.54) is 0 Å². The first kappa shape index (κ1) is 13.9. The van der Waals surface area contributed by atoms with Crippen LogP contribution in [0.5, 0.6) is 11.5 Å². The summed E-state index contributed by atoms with van der Waals surface area (Å²) in [4.78, 5) is 0. The van der Waals surface area contributed by atoms with Crippen molar-refractivity contribution in [3.8, 4) is 11.5 Å². The third kappa shape index (κ3) is 2.58. The van der Waals surface area contributed by atoms with E-state index < -0.39 is 0 Å². The number of fused-ring (bicyclic) bond motifs is 1. The van der Waals surface area contributed by atoms with Gasteiger partial charge in [-0.3, -0.25) is 4.40 Å². The fourth-order valence-electron chi connectivity index (χ4n) is 2.17. The molecule has 2 aromatic heterocycles. The van der Waals surface area contributed by atoms with Gasteiger partial charge < -0.3 is 15.2 Å². The summed E-state index contributed by atoms with van der Waals surface area (Å²) in [5.41, 5.74) is 8.18. The maximum absolute atomic E-state index is 5.80. The summed E-state index contributed by atoms with van der Waals surface area (Å²) in [5, 5.41) is 8.24. The normalized spacial score (nSPS) is 11.2. The molecule has 0 amide bonds. The van der Waals surface area contributed by atoms with E-state index in [4.69, 9.17) is 15.2 Å². The number of hydrogen-bond donors (Lipinski definition) is 1. The lowest BCUT2D eigenvalue weighted by atomic mass is 10.2. The first-order valence-corrected chi connectivity index (χ1v) is 6.71. The zero-order valence-corrected chi connectivity index (χ0v) is 12.4. The zero-order valence-electron chi connectivity index (χ0n) is 12.4. The molecule has 0 aliphatic carbocycles. The summed E-state index contributed by atoms with van der Waals surface area (Å²) < 4.78 is 12.4. The summed E-state index contributed by atoms with van der Waals surface area (Å²) in [7, 11) is 3.22. The predicted molar refractivity (Wildman–Crippen MR) is 85.9 cm³/mol. The number of ether oxygens (including phenoxy) is 2. The van der Waals surface area contributed by atoms with Gasteiger partial charge in [0.25, 0.3) is 0 Å². The first-order chi connectivity index (χ1) is 10.7. The number of pyridine rings is 1. The van der Waals surface area contributed by atoms with Crippen molar-refractivity contribution in [3.05, 3.63) is 47.9 Å². The minimum atomic E-state index is 0.660. The van der Waals surface area contributed by atoms with Gasteiger partial charge in [0.05, 0.1) is 14.2 Å². The van der Waals surface area contributed by atoms with Crippen molar-refractivity contribution in [2.45, 2.75) is 0 Å². The fraction of sp³-hybridized carbons (Fsp3) is 0.125. The second kappa shape index (κ2) is 5.77. The molecule has 0 unspecified atom stereocenters. The lowest BCUT2D eigenvalue weighted by Gasteiger charge is -2.07. The van der Waals surface area contributed by atoms with Crippen LogP contribution in [0.15, 0.2) is 36.5 Å². The summed E-state index contributed by atoms with van der Waals surface area (Å²) in [6.07, 6.45) is 5.60. The minimum absolute atomic E-state index is 0.660. The van der Waals surface area contributed by atoms with Crippen LogP contribution >= 0.6 is 0 Å². The Balaban J connectivity index is 1.94. The predicted octanol–water partition coefficient (Wildman–Crippen LogP) is 2.50. The molecule has 2 N–H and O–H groups in total. The number of nitrogen functional groups attached to an aromatic ring is 1. The lowest BCUT2D eigenvalue weighted by Crippen LogP contribution is -1.92. The number of anilines is 1. The number of aromatic nitrogens is 3. The molecule has 6 nitrogen and oxygen atoms in total. The van der Waals surface area contributed by atoms with Gasteiger partial charge in [-0.25, -0.2) is 0 Å². The van der Waals surface area contributed by atoms with Crippen molar-refractivity contribution in [2.75, 3.05) is 20.0 Å². The number of hydrogen-bond acceptors (Lipinski definition) is 5. The highest BCUT2D eigenvalue weighted by Gasteiger charge is 2.04. The second-order valence-corrected chi connectivity index (χ2v) is 4.70. The number of nitrogens with two attached hydrogens (primary N) is 1. The van der Waals surface area contributed by atoms with Crippen LogP contribution in [0.4, 0.5) is 5.69 Å². The molecule has 0 fully saturated rings. The van der Waals surface area contributed by atoms with E-state index in [0.717, 1.165) is 11.2 Å². The third-order valence-electron chi connectivity index (χ3n) is 3.28. The summed E-state index contributed by atoms with van der Waals surface area (Å²) in [6, 6.07) is 9.32. The van der Waals surface area contributed by atoms with E-state index >= 15 is 0 Å². The highest BCUT2D eigenvalue weighted by atomic mass is 16.5. The van der Waals surface area contributed by atoms with Gasteiger partial charge in [-0.15, -0.1) is 10.2 Å². The van der Waals surface area contributed by atoms with Crippen LogP contribution in [0.3, 0.4) is 0 Å². The molecule has 3 rings (SSSR count). The molecular formula is C16H16N4O2. The first-order valence-electron chi connectivity index (χ1n) is 6.71. The Morgan fingerprint density at radius 1 is 1.00 bits per heavy atom. The maximum atomic E-state index is 5.80. The van der Waals surface area contributed by atoms with E-state index in [1.54, 1.807) is 26.5 Å². The number of methoxy groups -OCH3 is 2. The highest BCUT2D eigenvalue weighted by Crippen LogP contribution is 2.28. The average Bonchev–Trinajstić information content (AvgIpc) is 2.94. The molecule has 2 heterocycles. The van der Waals surface area contributed by atoms with Crippen LogP contribution in [-0.2, 0) is 0 Å². The lowest BCUT2D eigenvalue weighted by molar-refractivity contribution is 0.355. The molecule has 22 heavy (non-hydrogen) atoms. The van der Waals surface area contributed by atoms with Crippen molar-refractivity contribution in [1.82, 2.24) is 14.6 Å². The van der Waals surface area contributed by atoms with Crippen molar-refractivity contribution < 1.29 is 9.47 Å². The van der Waals surface area contributed by atoms with Gasteiger partial charge in [0.1, 0.15) is 0 Å². The monoisotopic (exact) mass is 296 g/mol. The Morgan fingerprint density at radius 3 is 2.59 bits per heavy atom. The van der Waals surface area contributed by atoms with Crippen molar-refractivity contribution >= 4 is 23.5 Å². The quantitative estimate of drug-likeness (QED) is 0.800. The van der Waals surface area contributed by atoms with Crippen LogP contribution in [-0.4, -0.2) is 28.8 Å². The van der Waals surface area contributed by atoms with E-state index in [2.05, 4.69) is 10.2 Å². The van der Waals surface area contributed by atoms with Gasteiger partial charge in [0, 0.05) is 11.9 Å². The molecule has 0 saturated heterocycles. The fourth-order valence-corrected chi connectivity index (χ4v) is 2.17. The molecule has 0 aliphatic rings. The molecule has 0 atom stereocenters. The number of rotatable bonds is 4. The van der Waals surface area contributed by atoms with Gasteiger partial charge in [0.15, 0.2) is 23.0 Å². The van der Waals surface area contributed by atoms with E-state index in [9.17, 15) is 0 Å². The van der Waals surface area contributed by atoms with E-state index in [1.807, 2.05) is 40.8 Å². The maximum Gasteiger partial charge on any atom is 0.161 e. The smallest absolute Gasteiger partial charge is 0.161 e. The minimum Gasteiger partial charge on any atom is -0.493 e. The topological polar surface area (TPSA) is 74.7 Å². The molecule has 0 bridgehead atoms. The van der Waals surface area contributed by atoms with Gasteiger partial charge in [0.2, 0.25) is 0 Å². The molecule has 0 aliphatic heterocycles. The Morgan fingerprint density at radius 2 is 1.82 bits per heavy atom. The standard InChI is InChI=1S/C16H16N4O2/c1-21-13-6-3-11(9-14(13)22-2)4-7-15-18-19-16-8-5-12(17)10-20(15)16/h3-10H,17H2,1-2H3/b7-4+. The number of nitrogens with zero attached hydrogens (tertiary/aromatic N) is 3. The SMILES string of the molecule is COc1ccc(/C=C/c2nnc3ccc(N)cn23)cc1OC. The molecule has 112 valence electrons. The molecule has 6 heteroatoms. The van der Waals surface area contributed by atoms with Gasteiger partial charge in [-0.1, -0.05) is 12.1 Å². The Labute approximate surface area is 127 Å². The second-order valence-electron chi connectivity index (χ2n) is 4.70. The van der Waals surface area contributed by atoms with Crippen molar-refractivity contribution in [3.63, 3.8) is 0 Å². The van der Waals surface area contributed by atoms with E-state index in [-0.39, 0.29) is 0 Å². The molecule has 0 radical (unpaired) electrons. The van der Waals surface area contributed by atoms with Crippen LogP contribution in [0.2, 0.25) is 0 Å². The Hall–Kier alpha value is -3.02. The van der Waals surface area contributed by atoms with Crippen LogP contribution in [0.25, 0.3) is 17.8 Å².